The average molecular weight is 245 g/mol. The monoisotopic (exact) mass is 244 g/mol. The molecule has 1 atom stereocenters. The zero-order chi connectivity index (χ0) is 9.84. The minimum atomic E-state index is -1.32. The maximum absolute atomic E-state index is 10.3. The summed E-state index contributed by atoms with van der Waals surface area (Å²) < 4.78 is 0.932. The molecule has 3 nitrogen and oxygen atoms in total. The van der Waals surface area contributed by atoms with E-state index in [1.54, 1.807) is 12.1 Å². The molecular weight excluding hydrogens is 236 g/mol. The van der Waals surface area contributed by atoms with E-state index in [1.165, 1.54) is 0 Å². The van der Waals surface area contributed by atoms with Gasteiger partial charge in [-0.15, -0.1) is 0 Å². The summed E-state index contributed by atoms with van der Waals surface area (Å²) in [5.41, 5.74) is 0.804. The van der Waals surface area contributed by atoms with Crippen molar-refractivity contribution in [2.75, 3.05) is 0 Å². The fourth-order valence-electron chi connectivity index (χ4n) is 0.931. The Morgan fingerprint density at radius 3 is 2.38 bits per heavy atom. The highest BCUT2D eigenvalue weighted by atomic mass is 79.9. The first kappa shape index (κ1) is 10.2. The maximum Gasteiger partial charge on any atom is 0.332 e. The molecule has 1 rings (SSSR count). The third-order valence-electron chi connectivity index (χ3n) is 1.63. The molecule has 4 heteroatoms. The molecule has 0 amide bonds. The molecule has 0 spiro atoms. The smallest absolute Gasteiger partial charge is 0.332 e. The third-order valence-corrected chi connectivity index (χ3v) is 2.16. The molecule has 1 aromatic rings. The number of aliphatic hydroxyl groups excluding tert-OH is 1. The van der Waals surface area contributed by atoms with E-state index in [4.69, 9.17) is 10.2 Å². The van der Waals surface area contributed by atoms with Gasteiger partial charge < -0.3 is 10.2 Å². The first-order valence-electron chi connectivity index (χ1n) is 3.75. The third kappa shape index (κ3) is 3.16. The zero-order valence-corrected chi connectivity index (χ0v) is 8.36. The second kappa shape index (κ2) is 4.39. The quantitative estimate of drug-likeness (QED) is 0.847. The predicted octanol–water partition coefficient (Wildman–Crippen LogP) is 1.44. The van der Waals surface area contributed by atoms with E-state index in [0.717, 1.165) is 10.0 Å². The molecule has 0 unspecified atom stereocenters. The number of carboxylic acid groups (broad SMARTS) is 1. The van der Waals surface area contributed by atoms with Crippen molar-refractivity contribution in [1.29, 1.82) is 0 Å². The Hall–Kier alpha value is -0.870. The van der Waals surface area contributed by atoms with Gasteiger partial charge in [0.05, 0.1) is 0 Å². The molecule has 0 radical (unpaired) electrons. The van der Waals surface area contributed by atoms with Crippen molar-refractivity contribution in [2.45, 2.75) is 12.5 Å². The number of halogens is 1. The van der Waals surface area contributed by atoms with Crippen molar-refractivity contribution < 1.29 is 15.0 Å². The van der Waals surface area contributed by atoms with Gasteiger partial charge in [-0.05, 0) is 17.7 Å². The SMILES string of the molecule is O=C(O)[C@H](O)Cc1ccc(Br)cc1. The Balaban J connectivity index is 2.64. The van der Waals surface area contributed by atoms with Crippen LogP contribution in [-0.4, -0.2) is 22.3 Å². The van der Waals surface area contributed by atoms with Crippen molar-refractivity contribution in [3.8, 4) is 0 Å². The molecule has 0 saturated carbocycles. The van der Waals surface area contributed by atoms with Crippen LogP contribution in [0.15, 0.2) is 28.7 Å². The largest absolute Gasteiger partial charge is 0.479 e. The van der Waals surface area contributed by atoms with Gasteiger partial charge in [0.1, 0.15) is 0 Å². The molecule has 0 aliphatic carbocycles. The predicted molar refractivity (Wildman–Crippen MR) is 51.5 cm³/mol. The van der Waals surface area contributed by atoms with E-state index in [9.17, 15) is 4.79 Å². The van der Waals surface area contributed by atoms with Gasteiger partial charge in [-0.1, -0.05) is 28.1 Å². The van der Waals surface area contributed by atoms with E-state index in [1.807, 2.05) is 12.1 Å². The Morgan fingerprint density at radius 2 is 1.92 bits per heavy atom. The lowest BCUT2D eigenvalue weighted by molar-refractivity contribution is -0.146. The van der Waals surface area contributed by atoms with Crippen LogP contribution < -0.4 is 0 Å². The highest BCUT2D eigenvalue weighted by Gasteiger charge is 2.12. The van der Waals surface area contributed by atoms with Gasteiger partial charge in [0.25, 0.3) is 0 Å². The minimum Gasteiger partial charge on any atom is -0.479 e. The Labute approximate surface area is 84.1 Å². The molecule has 0 saturated heterocycles. The zero-order valence-electron chi connectivity index (χ0n) is 6.77. The normalized spacial score (nSPS) is 12.5. The molecule has 1 aromatic carbocycles. The summed E-state index contributed by atoms with van der Waals surface area (Å²) in [6.07, 6.45) is -1.18. The number of aliphatic carboxylic acids is 1. The molecule has 0 aliphatic heterocycles. The summed E-state index contributed by atoms with van der Waals surface area (Å²) in [6.45, 7) is 0. The second-order valence-corrected chi connectivity index (χ2v) is 3.60. The molecule has 0 heterocycles. The van der Waals surface area contributed by atoms with Crippen LogP contribution in [0, 0.1) is 0 Å². The highest BCUT2D eigenvalue weighted by molar-refractivity contribution is 9.10. The molecule has 13 heavy (non-hydrogen) atoms. The molecule has 0 aromatic heterocycles. The first-order valence-corrected chi connectivity index (χ1v) is 4.54. The summed E-state index contributed by atoms with van der Waals surface area (Å²) in [7, 11) is 0. The van der Waals surface area contributed by atoms with Crippen LogP contribution in [0.4, 0.5) is 0 Å². The summed E-state index contributed by atoms with van der Waals surface area (Å²) in [5, 5.41) is 17.5. The van der Waals surface area contributed by atoms with Crippen LogP contribution in [0.5, 0.6) is 0 Å². The number of hydrogen-bond acceptors (Lipinski definition) is 2. The number of aliphatic hydroxyl groups is 1. The number of carboxylic acids is 1. The van der Waals surface area contributed by atoms with Gasteiger partial charge in [0.2, 0.25) is 0 Å². The van der Waals surface area contributed by atoms with Gasteiger partial charge in [0, 0.05) is 10.9 Å². The Morgan fingerprint density at radius 1 is 1.38 bits per heavy atom. The number of benzene rings is 1. The lowest BCUT2D eigenvalue weighted by Gasteiger charge is -2.04. The fraction of sp³-hybridized carbons (Fsp3) is 0.222. The maximum atomic E-state index is 10.3. The molecular formula is C9H9BrO3. The van der Waals surface area contributed by atoms with Crippen LogP contribution in [-0.2, 0) is 11.2 Å². The molecule has 70 valence electrons. The van der Waals surface area contributed by atoms with Crippen LogP contribution in [0.3, 0.4) is 0 Å². The molecule has 2 N–H and O–H groups in total. The van der Waals surface area contributed by atoms with Gasteiger partial charge >= 0.3 is 5.97 Å². The summed E-state index contributed by atoms with van der Waals surface area (Å²) in [5.74, 6) is -1.19. The first-order chi connectivity index (χ1) is 6.09. The van der Waals surface area contributed by atoms with Crippen LogP contribution in [0.2, 0.25) is 0 Å². The van der Waals surface area contributed by atoms with E-state index in [2.05, 4.69) is 15.9 Å². The van der Waals surface area contributed by atoms with Gasteiger partial charge in [0.15, 0.2) is 6.10 Å². The van der Waals surface area contributed by atoms with Gasteiger partial charge in [-0.2, -0.15) is 0 Å². The second-order valence-electron chi connectivity index (χ2n) is 2.68. The van der Waals surface area contributed by atoms with Gasteiger partial charge in [-0.25, -0.2) is 4.79 Å². The number of carbonyl (C=O) groups is 1. The van der Waals surface area contributed by atoms with Crippen molar-refractivity contribution >= 4 is 21.9 Å². The lowest BCUT2D eigenvalue weighted by atomic mass is 10.1. The number of rotatable bonds is 3. The summed E-state index contributed by atoms with van der Waals surface area (Å²) in [6, 6.07) is 7.17. The van der Waals surface area contributed by atoms with Crippen LogP contribution >= 0.6 is 15.9 Å². The lowest BCUT2D eigenvalue weighted by Crippen LogP contribution is -2.21. The van der Waals surface area contributed by atoms with Gasteiger partial charge in [-0.3, -0.25) is 0 Å². The molecule has 0 fully saturated rings. The van der Waals surface area contributed by atoms with Crippen LogP contribution in [0.1, 0.15) is 5.56 Å². The van der Waals surface area contributed by atoms with Crippen molar-refractivity contribution in [3.63, 3.8) is 0 Å². The van der Waals surface area contributed by atoms with Crippen LogP contribution in [0.25, 0.3) is 0 Å². The molecule has 0 aliphatic rings. The summed E-state index contributed by atoms with van der Waals surface area (Å²) in [4.78, 5) is 10.3. The van der Waals surface area contributed by atoms with E-state index >= 15 is 0 Å². The topological polar surface area (TPSA) is 57.5 Å². The Kier molecular flexibility index (Phi) is 3.45. The fourth-order valence-corrected chi connectivity index (χ4v) is 1.20. The standard InChI is InChI=1S/C9H9BrO3/c10-7-3-1-6(2-4-7)5-8(11)9(12)13/h1-4,8,11H,5H2,(H,12,13)/t8-/m1/s1. The van der Waals surface area contributed by atoms with Crippen molar-refractivity contribution in [2.24, 2.45) is 0 Å². The average Bonchev–Trinajstić information content (AvgIpc) is 2.08. The number of hydrogen-bond donors (Lipinski definition) is 2. The molecule has 0 bridgehead atoms. The van der Waals surface area contributed by atoms with Crippen molar-refractivity contribution in [3.05, 3.63) is 34.3 Å². The van der Waals surface area contributed by atoms with Crippen molar-refractivity contribution in [1.82, 2.24) is 0 Å². The Bertz CT molecular complexity index is 294. The van der Waals surface area contributed by atoms with E-state index < -0.39 is 12.1 Å². The summed E-state index contributed by atoms with van der Waals surface area (Å²) >= 11 is 3.26. The minimum absolute atomic E-state index is 0.141. The van der Waals surface area contributed by atoms with E-state index in [0.29, 0.717) is 0 Å². The van der Waals surface area contributed by atoms with E-state index in [-0.39, 0.29) is 6.42 Å². The highest BCUT2D eigenvalue weighted by Crippen LogP contribution is 2.11.